The van der Waals surface area contributed by atoms with Crippen LogP contribution in [0, 0.1) is 6.92 Å². The number of primary amides is 1. The zero-order valence-corrected chi connectivity index (χ0v) is 9.78. The van der Waals surface area contributed by atoms with E-state index in [-0.39, 0.29) is 0 Å². The molecular formula is C11H16N4O2. The van der Waals surface area contributed by atoms with Crippen molar-refractivity contribution in [3.63, 3.8) is 0 Å². The Morgan fingerprint density at radius 1 is 1.35 bits per heavy atom. The third kappa shape index (κ3) is 3.18. The monoisotopic (exact) mass is 236 g/mol. The lowest BCUT2D eigenvalue weighted by Crippen LogP contribution is -2.42. The number of hydrogen-bond donors (Lipinski definition) is 4. The van der Waals surface area contributed by atoms with Gasteiger partial charge in [-0.15, -0.1) is 0 Å². The summed E-state index contributed by atoms with van der Waals surface area (Å²) in [5.74, 6) is 4.34. The summed E-state index contributed by atoms with van der Waals surface area (Å²) in [5, 5.41) is 2.48. The summed E-state index contributed by atoms with van der Waals surface area (Å²) >= 11 is 0. The first kappa shape index (κ1) is 13.0. The summed E-state index contributed by atoms with van der Waals surface area (Å²) in [6.45, 7) is 3.40. The molecule has 0 heterocycles. The van der Waals surface area contributed by atoms with E-state index in [4.69, 9.17) is 11.6 Å². The van der Waals surface area contributed by atoms with Crippen molar-refractivity contribution in [1.29, 1.82) is 0 Å². The molecule has 92 valence electrons. The Hall–Kier alpha value is -2.08. The van der Waals surface area contributed by atoms with E-state index in [1.165, 1.54) is 6.92 Å². The van der Waals surface area contributed by atoms with Crippen LogP contribution in [0.1, 0.15) is 22.8 Å². The number of hydrogen-bond acceptors (Lipinski definition) is 4. The van der Waals surface area contributed by atoms with Gasteiger partial charge in [-0.2, -0.15) is 0 Å². The molecular weight excluding hydrogens is 220 g/mol. The molecule has 0 spiro atoms. The highest BCUT2D eigenvalue weighted by Gasteiger charge is 2.16. The van der Waals surface area contributed by atoms with Crippen molar-refractivity contribution < 1.29 is 9.59 Å². The molecule has 0 fully saturated rings. The molecule has 0 aliphatic rings. The third-order valence-corrected chi connectivity index (χ3v) is 2.35. The van der Waals surface area contributed by atoms with E-state index in [0.29, 0.717) is 11.3 Å². The molecule has 6 N–H and O–H groups in total. The molecule has 1 aromatic rings. The summed E-state index contributed by atoms with van der Waals surface area (Å²) < 4.78 is 0. The van der Waals surface area contributed by atoms with Gasteiger partial charge in [0.15, 0.2) is 0 Å². The van der Waals surface area contributed by atoms with Crippen LogP contribution in [0.5, 0.6) is 0 Å². The quantitative estimate of drug-likeness (QED) is 0.431. The van der Waals surface area contributed by atoms with Gasteiger partial charge < -0.3 is 16.5 Å². The van der Waals surface area contributed by atoms with Crippen LogP contribution in [0.2, 0.25) is 0 Å². The highest BCUT2D eigenvalue weighted by atomic mass is 16.2. The Labute approximate surface area is 99.3 Å². The Kier molecular flexibility index (Phi) is 4.06. The van der Waals surface area contributed by atoms with Crippen LogP contribution in [-0.2, 0) is 4.79 Å². The van der Waals surface area contributed by atoms with E-state index in [9.17, 15) is 9.59 Å². The van der Waals surface area contributed by atoms with Gasteiger partial charge in [-0.3, -0.25) is 15.4 Å². The second-order valence-corrected chi connectivity index (χ2v) is 3.79. The molecule has 1 rings (SSSR count). The number of aryl methyl sites for hydroxylation is 1. The Morgan fingerprint density at radius 2 is 2.00 bits per heavy atom. The number of benzene rings is 1. The number of nitrogens with two attached hydrogens (primary N) is 2. The maximum atomic E-state index is 11.8. The minimum atomic E-state index is -0.727. The van der Waals surface area contributed by atoms with Crippen LogP contribution in [0.15, 0.2) is 18.2 Å². The standard InChI is InChI=1S/C11H16N4O2/c1-6-3-4-8(9(5-6)15-13)11(17)14-7(2)10(12)16/h3-5,7,15H,13H2,1-2H3,(H2,12,16)(H,14,17). The lowest BCUT2D eigenvalue weighted by molar-refractivity contribution is -0.119. The maximum Gasteiger partial charge on any atom is 0.254 e. The van der Waals surface area contributed by atoms with E-state index >= 15 is 0 Å². The van der Waals surface area contributed by atoms with E-state index in [0.717, 1.165) is 5.56 Å². The van der Waals surface area contributed by atoms with E-state index in [2.05, 4.69) is 10.7 Å². The molecule has 0 bridgehead atoms. The van der Waals surface area contributed by atoms with Gasteiger partial charge in [-0.1, -0.05) is 6.07 Å². The molecule has 6 nitrogen and oxygen atoms in total. The van der Waals surface area contributed by atoms with Gasteiger partial charge in [0.2, 0.25) is 5.91 Å². The first-order chi connectivity index (χ1) is 7.95. The Balaban J connectivity index is 2.92. The predicted molar refractivity (Wildman–Crippen MR) is 65.1 cm³/mol. The number of anilines is 1. The van der Waals surface area contributed by atoms with Crippen molar-refractivity contribution in [1.82, 2.24) is 5.32 Å². The van der Waals surface area contributed by atoms with Crippen LogP contribution in [0.4, 0.5) is 5.69 Å². The van der Waals surface area contributed by atoms with Gasteiger partial charge in [0, 0.05) is 0 Å². The molecule has 1 unspecified atom stereocenters. The minimum Gasteiger partial charge on any atom is -0.368 e. The maximum absolute atomic E-state index is 11.8. The molecule has 1 aromatic carbocycles. The van der Waals surface area contributed by atoms with Gasteiger partial charge in [0.25, 0.3) is 5.91 Å². The number of rotatable bonds is 4. The van der Waals surface area contributed by atoms with Crippen molar-refractivity contribution in [3.05, 3.63) is 29.3 Å². The van der Waals surface area contributed by atoms with E-state index < -0.39 is 17.9 Å². The highest BCUT2D eigenvalue weighted by Crippen LogP contribution is 2.16. The van der Waals surface area contributed by atoms with Crippen LogP contribution in [-0.4, -0.2) is 17.9 Å². The first-order valence-corrected chi connectivity index (χ1v) is 5.13. The predicted octanol–water partition coefficient (Wildman–Crippen LogP) is -0.116. The second kappa shape index (κ2) is 5.31. The van der Waals surface area contributed by atoms with Gasteiger partial charge in [0.05, 0.1) is 11.3 Å². The number of nitrogens with one attached hydrogen (secondary N) is 2. The molecule has 0 radical (unpaired) electrons. The Morgan fingerprint density at radius 3 is 2.53 bits per heavy atom. The fraction of sp³-hybridized carbons (Fsp3) is 0.273. The van der Waals surface area contributed by atoms with E-state index in [1.807, 2.05) is 6.92 Å². The molecule has 6 heteroatoms. The largest absolute Gasteiger partial charge is 0.368 e. The zero-order valence-electron chi connectivity index (χ0n) is 9.78. The lowest BCUT2D eigenvalue weighted by Gasteiger charge is -2.13. The van der Waals surface area contributed by atoms with Crippen molar-refractivity contribution in [3.8, 4) is 0 Å². The van der Waals surface area contributed by atoms with Gasteiger partial charge in [-0.25, -0.2) is 0 Å². The van der Waals surface area contributed by atoms with Crippen LogP contribution in [0.3, 0.4) is 0 Å². The van der Waals surface area contributed by atoms with Crippen molar-refractivity contribution >= 4 is 17.5 Å². The summed E-state index contributed by atoms with van der Waals surface area (Å²) in [7, 11) is 0. The molecule has 2 amide bonds. The number of carbonyl (C=O) groups is 2. The summed E-state index contributed by atoms with van der Waals surface area (Å²) in [6.07, 6.45) is 0. The SMILES string of the molecule is Cc1ccc(C(=O)NC(C)C(N)=O)c(NN)c1. The molecule has 0 aliphatic heterocycles. The van der Waals surface area contributed by atoms with Crippen molar-refractivity contribution in [2.24, 2.45) is 11.6 Å². The Bertz CT molecular complexity index is 445. The number of hydrazine groups is 1. The number of amides is 2. The molecule has 1 atom stereocenters. The number of carbonyl (C=O) groups excluding carboxylic acids is 2. The summed E-state index contributed by atoms with van der Waals surface area (Å²) in [4.78, 5) is 22.7. The van der Waals surface area contributed by atoms with Crippen molar-refractivity contribution in [2.45, 2.75) is 19.9 Å². The fourth-order valence-electron chi connectivity index (χ4n) is 1.32. The summed E-state index contributed by atoms with van der Waals surface area (Å²) in [5.41, 5.74) is 9.34. The fourth-order valence-corrected chi connectivity index (χ4v) is 1.32. The van der Waals surface area contributed by atoms with Crippen LogP contribution in [0.25, 0.3) is 0 Å². The molecule has 17 heavy (non-hydrogen) atoms. The topological polar surface area (TPSA) is 110 Å². The highest BCUT2D eigenvalue weighted by molar-refractivity contribution is 6.01. The van der Waals surface area contributed by atoms with Crippen LogP contribution < -0.4 is 22.3 Å². The molecule has 0 aromatic heterocycles. The average molecular weight is 236 g/mol. The second-order valence-electron chi connectivity index (χ2n) is 3.79. The van der Waals surface area contributed by atoms with Crippen molar-refractivity contribution in [2.75, 3.05) is 5.43 Å². The molecule has 0 aliphatic carbocycles. The normalized spacial score (nSPS) is 11.7. The van der Waals surface area contributed by atoms with Gasteiger partial charge >= 0.3 is 0 Å². The molecule has 0 saturated heterocycles. The minimum absolute atomic E-state index is 0.367. The van der Waals surface area contributed by atoms with Crippen LogP contribution >= 0.6 is 0 Å². The molecule has 0 saturated carbocycles. The number of nitrogen functional groups attached to an aromatic ring is 1. The summed E-state index contributed by atoms with van der Waals surface area (Å²) in [6, 6.07) is 4.43. The zero-order chi connectivity index (χ0) is 13.0. The third-order valence-electron chi connectivity index (χ3n) is 2.35. The first-order valence-electron chi connectivity index (χ1n) is 5.13. The van der Waals surface area contributed by atoms with Gasteiger partial charge in [-0.05, 0) is 31.5 Å². The lowest BCUT2D eigenvalue weighted by atomic mass is 10.1. The average Bonchev–Trinajstić information content (AvgIpc) is 2.28. The smallest absolute Gasteiger partial charge is 0.254 e. The van der Waals surface area contributed by atoms with E-state index in [1.54, 1.807) is 18.2 Å². The van der Waals surface area contributed by atoms with Gasteiger partial charge in [0.1, 0.15) is 6.04 Å².